The summed E-state index contributed by atoms with van der Waals surface area (Å²) >= 11 is 1.54. The SMILES string of the molecule is Nc1ccc2nc([C@@H]3CCC(=O)O3)sc2c1. The molecule has 1 fully saturated rings. The molecule has 1 atom stereocenters. The van der Waals surface area contributed by atoms with E-state index in [1.807, 2.05) is 18.2 Å². The van der Waals surface area contributed by atoms with E-state index in [4.69, 9.17) is 10.5 Å². The number of nitrogens with zero attached hydrogens (tertiary/aromatic N) is 1. The Labute approximate surface area is 96.0 Å². The second-order valence-electron chi connectivity index (χ2n) is 3.80. The number of carbonyl (C=O) groups is 1. The molecule has 2 aromatic rings. The summed E-state index contributed by atoms with van der Waals surface area (Å²) in [5.41, 5.74) is 7.34. The fourth-order valence-corrected chi connectivity index (χ4v) is 2.88. The van der Waals surface area contributed by atoms with Crippen LogP contribution in [0.5, 0.6) is 0 Å². The third-order valence-corrected chi connectivity index (χ3v) is 3.70. The lowest BCUT2D eigenvalue weighted by Gasteiger charge is -2.02. The maximum Gasteiger partial charge on any atom is 0.306 e. The molecular weight excluding hydrogens is 224 g/mol. The smallest absolute Gasteiger partial charge is 0.306 e. The number of benzene rings is 1. The van der Waals surface area contributed by atoms with E-state index in [2.05, 4.69) is 4.98 Å². The highest BCUT2D eigenvalue weighted by molar-refractivity contribution is 7.18. The minimum Gasteiger partial charge on any atom is -0.455 e. The lowest BCUT2D eigenvalue weighted by atomic mass is 10.2. The zero-order valence-corrected chi connectivity index (χ0v) is 9.29. The van der Waals surface area contributed by atoms with Crippen molar-refractivity contribution in [2.75, 3.05) is 5.73 Å². The monoisotopic (exact) mass is 234 g/mol. The number of anilines is 1. The normalized spacial score (nSPS) is 20.2. The minimum atomic E-state index is -0.161. The lowest BCUT2D eigenvalue weighted by Crippen LogP contribution is -1.97. The van der Waals surface area contributed by atoms with Gasteiger partial charge in [0, 0.05) is 18.5 Å². The van der Waals surface area contributed by atoms with Crippen LogP contribution in [0.25, 0.3) is 10.2 Å². The molecule has 0 bridgehead atoms. The fourth-order valence-electron chi connectivity index (χ4n) is 1.80. The van der Waals surface area contributed by atoms with E-state index >= 15 is 0 Å². The molecular formula is C11H10N2O2S. The number of ether oxygens (including phenoxy) is 1. The van der Waals surface area contributed by atoms with Crippen LogP contribution in [-0.4, -0.2) is 11.0 Å². The van der Waals surface area contributed by atoms with Crippen molar-refractivity contribution in [3.05, 3.63) is 23.2 Å². The van der Waals surface area contributed by atoms with Gasteiger partial charge in [-0.1, -0.05) is 0 Å². The van der Waals surface area contributed by atoms with Crippen molar-refractivity contribution >= 4 is 33.2 Å². The van der Waals surface area contributed by atoms with Crippen molar-refractivity contribution in [3.63, 3.8) is 0 Å². The first-order chi connectivity index (χ1) is 7.72. The number of rotatable bonds is 1. The molecule has 1 saturated heterocycles. The highest BCUT2D eigenvalue weighted by Gasteiger charge is 2.27. The zero-order chi connectivity index (χ0) is 11.1. The van der Waals surface area contributed by atoms with E-state index in [0.717, 1.165) is 27.3 Å². The van der Waals surface area contributed by atoms with Gasteiger partial charge in [-0.25, -0.2) is 4.98 Å². The van der Waals surface area contributed by atoms with Crippen molar-refractivity contribution in [1.29, 1.82) is 0 Å². The van der Waals surface area contributed by atoms with E-state index in [0.29, 0.717) is 6.42 Å². The zero-order valence-electron chi connectivity index (χ0n) is 8.47. The third kappa shape index (κ3) is 1.53. The number of esters is 1. The maximum absolute atomic E-state index is 11.0. The summed E-state index contributed by atoms with van der Waals surface area (Å²) in [6.07, 6.45) is 1.06. The van der Waals surface area contributed by atoms with E-state index in [1.54, 1.807) is 11.3 Å². The molecule has 1 aromatic heterocycles. The Balaban J connectivity index is 2.02. The van der Waals surface area contributed by atoms with Gasteiger partial charge >= 0.3 is 5.97 Å². The van der Waals surface area contributed by atoms with Crippen molar-refractivity contribution in [2.45, 2.75) is 18.9 Å². The van der Waals surface area contributed by atoms with Crippen LogP contribution in [0.2, 0.25) is 0 Å². The molecule has 0 radical (unpaired) electrons. The van der Waals surface area contributed by atoms with E-state index in [9.17, 15) is 4.79 Å². The third-order valence-electron chi connectivity index (χ3n) is 2.59. The first-order valence-electron chi connectivity index (χ1n) is 5.08. The highest BCUT2D eigenvalue weighted by Crippen LogP contribution is 2.35. The second-order valence-corrected chi connectivity index (χ2v) is 4.86. The predicted octanol–water partition coefficient (Wildman–Crippen LogP) is 2.26. The Morgan fingerprint density at radius 2 is 2.38 bits per heavy atom. The molecule has 0 saturated carbocycles. The molecule has 0 amide bonds. The first-order valence-corrected chi connectivity index (χ1v) is 5.89. The number of hydrogen-bond acceptors (Lipinski definition) is 5. The van der Waals surface area contributed by atoms with Crippen molar-refractivity contribution in [3.8, 4) is 0 Å². The van der Waals surface area contributed by atoms with Crippen LogP contribution in [0.4, 0.5) is 5.69 Å². The van der Waals surface area contributed by atoms with Crippen molar-refractivity contribution in [1.82, 2.24) is 4.98 Å². The quantitative estimate of drug-likeness (QED) is 0.607. The molecule has 4 nitrogen and oxygen atoms in total. The Bertz CT molecular complexity index is 564. The summed E-state index contributed by atoms with van der Waals surface area (Å²) in [6.45, 7) is 0. The largest absolute Gasteiger partial charge is 0.455 e. The van der Waals surface area contributed by atoms with Gasteiger partial charge in [-0.2, -0.15) is 0 Å². The Kier molecular flexibility index (Phi) is 2.07. The number of aromatic nitrogens is 1. The molecule has 1 aliphatic heterocycles. The predicted molar refractivity (Wildman–Crippen MR) is 62.1 cm³/mol. The fraction of sp³-hybridized carbons (Fsp3) is 0.273. The van der Waals surface area contributed by atoms with Crippen molar-refractivity contribution < 1.29 is 9.53 Å². The number of thiazole rings is 1. The van der Waals surface area contributed by atoms with Gasteiger partial charge in [0.1, 0.15) is 5.01 Å². The Morgan fingerprint density at radius 3 is 3.12 bits per heavy atom. The first kappa shape index (κ1) is 9.59. The van der Waals surface area contributed by atoms with Gasteiger partial charge in [0.05, 0.1) is 10.2 Å². The number of nitrogens with two attached hydrogens (primary N) is 1. The van der Waals surface area contributed by atoms with E-state index in [1.165, 1.54) is 0 Å². The van der Waals surface area contributed by atoms with Crippen molar-refractivity contribution in [2.24, 2.45) is 0 Å². The maximum atomic E-state index is 11.0. The van der Waals surface area contributed by atoms with Crippen LogP contribution in [0, 0.1) is 0 Å². The molecule has 2 N–H and O–H groups in total. The number of hydrogen-bond donors (Lipinski definition) is 1. The van der Waals surface area contributed by atoms with E-state index in [-0.39, 0.29) is 12.1 Å². The number of nitrogen functional groups attached to an aromatic ring is 1. The molecule has 0 spiro atoms. The van der Waals surface area contributed by atoms with Crippen LogP contribution < -0.4 is 5.73 Å². The lowest BCUT2D eigenvalue weighted by molar-refractivity contribution is -0.141. The molecule has 0 aliphatic carbocycles. The number of cyclic esters (lactones) is 1. The molecule has 5 heteroatoms. The van der Waals surface area contributed by atoms with Gasteiger partial charge in [0.2, 0.25) is 0 Å². The van der Waals surface area contributed by atoms with Crippen LogP contribution in [0.3, 0.4) is 0 Å². The molecule has 82 valence electrons. The average molecular weight is 234 g/mol. The molecule has 0 unspecified atom stereocenters. The van der Waals surface area contributed by atoms with Crippen LogP contribution in [-0.2, 0) is 9.53 Å². The molecule has 2 heterocycles. The van der Waals surface area contributed by atoms with Gasteiger partial charge in [-0.05, 0) is 18.2 Å². The second kappa shape index (κ2) is 3.45. The van der Waals surface area contributed by atoms with Crippen LogP contribution in [0.1, 0.15) is 24.0 Å². The highest BCUT2D eigenvalue weighted by atomic mass is 32.1. The summed E-state index contributed by atoms with van der Waals surface area (Å²) < 4.78 is 6.22. The van der Waals surface area contributed by atoms with Gasteiger partial charge < -0.3 is 10.5 Å². The Morgan fingerprint density at radius 1 is 1.50 bits per heavy atom. The van der Waals surface area contributed by atoms with E-state index < -0.39 is 0 Å². The topological polar surface area (TPSA) is 65.2 Å². The molecule has 16 heavy (non-hydrogen) atoms. The summed E-state index contributed by atoms with van der Waals surface area (Å²) in [5, 5.41) is 0.867. The van der Waals surface area contributed by atoms with Gasteiger partial charge in [-0.15, -0.1) is 11.3 Å². The summed E-state index contributed by atoms with van der Waals surface area (Å²) in [6, 6.07) is 5.61. The average Bonchev–Trinajstić information content (AvgIpc) is 2.83. The summed E-state index contributed by atoms with van der Waals surface area (Å²) in [7, 11) is 0. The Hall–Kier alpha value is -1.62. The van der Waals surface area contributed by atoms with Gasteiger partial charge in [0.25, 0.3) is 0 Å². The number of carbonyl (C=O) groups excluding carboxylic acids is 1. The molecule has 1 aliphatic rings. The molecule has 1 aromatic carbocycles. The standard InChI is InChI=1S/C11H10N2O2S/c12-6-1-2-7-9(5-6)16-11(13-7)8-3-4-10(14)15-8/h1-2,5,8H,3-4,12H2/t8-/m0/s1. The summed E-state index contributed by atoms with van der Waals surface area (Å²) in [4.78, 5) is 15.5. The minimum absolute atomic E-state index is 0.135. The van der Waals surface area contributed by atoms with Crippen LogP contribution >= 0.6 is 11.3 Å². The molecule has 3 rings (SSSR count). The number of fused-ring (bicyclic) bond motifs is 1. The van der Waals surface area contributed by atoms with Crippen LogP contribution in [0.15, 0.2) is 18.2 Å². The van der Waals surface area contributed by atoms with Gasteiger partial charge in [0.15, 0.2) is 6.10 Å². The summed E-state index contributed by atoms with van der Waals surface area (Å²) in [5.74, 6) is -0.135. The van der Waals surface area contributed by atoms with Gasteiger partial charge in [-0.3, -0.25) is 4.79 Å².